The monoisotopic (exact) mass is 632 g/mol. The average molecular weight is 633 g/mol. The molecule has 0 aromatic heterocycles. The van der Waals surface area contributed by atoms with Crippen LogP contribution in [0.25, 0.3) is 98.4 Å². The van der Waals surface area contributed by atoms with Crippen molar-refractivity contribution in [3.63, 3.8) is 0 Å². The topological polar surface area (TPSA) is 0 Å². The predicted molar refractivity (Wildman–Crippen MR) is 216 cm³/mol. The van der Waals surface area contributed by atoms with Crippen molar-refractivity contribution >= 4 is 53.9 Å². The lowest BCUT2D eigenvalue weighted by molar-refractivity contribution is 1.62. The van der Waals surface area contributed by atoms with Crippen molar-refractivity contribution in [2.24, 2.45) is 0 Å². The molecular weight excluding hydrogens is 601 g/mol. The second-order valence-electron chi connectivity index (χ2n) is 13.3. The van der Waals surface area contributed by atoms with E-state index in [4.69, 9.17) is 0 Å². The van der Waals surface area contributed by atoms with Crippen LogP contribution in [0.5, 0.6) is 0 Å². The van der Waals surface area contributed by atoms with E-state index >= 15 is 0 Å². The minimum absolute atomic E-state index is 1.22. The summed E-state index contributed by atoms with van der Waals surface area (Å²) in [5, 5.41) is 12.7. The number of hydrogen-bond acceptors (Lipinski definition) is 0. The molecule has 0 heterocycles. The highest BCUT2D eigenvalue weighted by atomic mass is 14.2. The predicted octanol–water partition coefficient (Wildman–Crippen LogP) is 14.1. The zero-order chi connectivity index (χ0) is 33.0. The SMILES string of the molecule is c1cc(-c2ccc3ccccc3c2)cc(-c2c3ccccc3c(-c3ccc(-c4ccc5ccccc5c4)cc3)c3c2ccc2ccccc23)c1. The van der Waals surface area contributed by atoms with Crippen molar-refractivity contribution in [1.29, 1.82) is 0 Å². The van der Waals surface area contributed by atoms with E-state index in [9.17, 15) is 0 Å². The van der Waals surface area contributed by atoms with Crippen molar-refractivity contribution in [2.75, 3.05) is 0 Å². The van der Waals surface area contributed by atoms with Gasteiger partial charge in [-0.1, -0.05) is 176 Å². The van der Waals surface area contributed by atoms with Gasteiger partial charge in [-0.05, 0) is 117 Å². The second-order valence-corrected chi connectivity index (χ2v) is 13.3. The van der Waals surface area contributed by atoms with Crippen molar-refractivity contribution in [2.45, 2.75) is 0 Å². The Kier molecular flexibility index (Phi) is 6.60. The number of rotatable bonds is 4. The Bertz CT molecular complexity index is 2910. The molecule has 10 aromatic rings. The van der Waals surface area contributed by atoms with Crippen LogP contribution in [0.3, 0.4) is 0 Å². The maximum absolute atomic E-state index is 2.37. The molecule has 0 nitrogen and oxygen atoms in total. The summed E-state index contributed by atoms with van der Waals surface area (Å²) < 4.78 is 0. The summed E-state index contributed by atoms with van der Waals surface area (Å²) in [6, 6.07) is 71.4. The molecule has 0 saturated heterocycles. The lowest BCUT2D eigenvalue weighted by atomic mass is 9.83. The van der Waals surface area contributed by atoms with Crippen molar-refractivity contribution in [3.05, 3.63) is 194 Å². The van der Waals surface area contributed by atoms with Crippen molar-refractivity contribution in [3.8, 4) is 44.5 Å². The molecule has 10 aromatic carbocycles. The van der Waals surface area contributed by atoms with Gasteiger partial charge >= 0.3 is 0 Å². The molecule has 0 aliphatic carbocycles. The standard InChI is InChI=1S/C50H32/c1-3-13-38-30-41(26-22-33(38)10-1)35-20-24-37(25-21-35)49-46-19-8-7-18-45(46)48(47-29-28-36-12-5-6-17-44(36)50(47)49)43-16-9-15-40(32-43)42-27-23-34-11-2-4-14-39(34)31-42/h1-32H. The van der Waals surface area contributed by atoms with Crippen LogP contribution in [0.1, 0.15) is 0 Å². The summed E-state index contributed by atoms with van der Waals surface area (Å²) in [6.45, 7) is 0. The number of hydrogen-bond donors (Lipinski definition) is 0. The lowest BCUT2D eigenvalue weighted by Crippen LogP contribution is -1.92. The zero-order valence-corrected chi connectivity index (χ0v) is 27.5. The lowest BCUT2D eigenvalue weighted by Gasteiger charge is -2.20. The normalized spacial score (nSPS) is 11.6. The van der Waals surface area contributed by atoms with Gasteiger partial charge in [-0.15, -0.1) is 0 Å². The molecule has 0 spiro atoms. The van der Waals surface area contributed by atoms with Crippen LogP contribution >= 0.6 is 0 Å². The van der Waals surface area contributed by atoms with Gasteiger partial charge in [-0.25, -0.2) is 0 Å². The van der Waals surface area contributed by atoms with E-state index in [1.165, 1.54) is 98.4 Å². The fourth-order valence-corrected chi connectivity index (χ4v) is 7.98. The van der Waals surface area contributed by atoms with Crippen LogP contribution < -0.4 is 0 Å². The molecular formula is C50H32. The quantitative estimate of drug-likeness (QED) is 0.134. The Morgan fingerprint density at radius 1 is 0.200 bits per heavy atom. The van der Waals surface area contributed by atoms with Crippen LogP contribution in [0.2, 0.25) is 0 Å². The highest BCUT2D eigenvalue weighted by molar-refractivity contribution is 6.28. The van der Waals surface area contributed by atoms with Gasteiger partial charge < -0.3 is 0 Å². The first-order valence-corrected chi connectivity index (χ1v) is 17.3. The molecule has 0 amide bonds. The molecule has 0 atom stereocenters. The van der Waals surface area contributed by atoms with E-state index in [-0.39, 0.29) is 0 Å². The summed E-state index contributed by atoms with van der Waals surface area (Å²) in [4.78, 5) is 0. The third kappa shape index (κ3) is 4.69. The van der Waals surface area contributed by atoms with Gasteiger partial charge in [0.1, 0.15) is 0 Å². The van der Waals surface area contributed by atoms with Gasteiger partial charge in [0.15, 0.2) is 0 Å². The van der Waals surface area contributed by atoms with E-state index < -0.39 is 0 Å². The highest BCUT2D eigenvalue weighted by Crippen LogP contribution is 2.47. The first-order chi connectivity index (χ1) is 24.8. The van der Waals surface area contributed by atoms with Crippen molar-refractivity contribution < 1.29 is 0 Å². The van der Waals surface area contributed by atoms with E-state index in [0.717, 1.165) is 0 Å². The summed E-state index contributed by atoms with van der Waals surface area (Å²) in [7, 11) is 0. The molecule has 0 heteroatoms. The van der Waals surface area contributed by atoms with Crippen LogP contribution in [-0.2, 0) is 0 Å². The molecule has 0 N–H and O–H groups in total. The van der Waals surface area contributed by atoms with Crippen LogP contribution in [0.4, 0.5) is 0 Å². The van der Waals surface area contributed by atoms with E-state index in [2.05, 4.69) is 194 Å². The Balaban J connectivity index is 1.20. The minimum Gasteiger partial charge on any atom is -0.0616 e. The van der Waals surface area contributed by atoms with Gasteiger partial charge in [0.2, 0.25) is 0 Å². The molecule has 50 heavy (non-hydrogen) atoms. The third-order valence-electron chi connectivity index (χ3n) is 10.4. The molecule has 0 bridgehead atoms. The maximum atomic E-state index is 2.37. The zero-order valence-electron chi connectivity index (χ0n) is 27.5. The Morgan fingerprint density at radius 2 is 0.660 bits per heavy atom. The molecule has 0 radical (unpaired) electrons. The van der Waals surface area contributed by atoms with Crippen LogP contribution in [0, 0.1) is 0 Å². The van der Waals surface area contributed by atoms with Gasteiger partial charge in [0, 0.05) is 0 Å². The summed E-state index contributed by atoms with van der Waals surface area (Å²) >= 11 is 0. The maximum Gasteiger partial charge on any atom is -0.00141 e. The molecule has 0 aliphatic heterocycles. The van der Waals surface area contributed by atoms with Crippen LogP contribution in [0.15, 0.2) is 194 Å². The van der Waals surface area contributed by atoms with E-state index in [1.54, 1.807) is 0 Å². The number of fused-ring (bicyclic) bond motifs is 6. The van der Waals surface area contributed by atoms with E-state index in [0.29, 0.717) is 0 Å². The molecule has 0 unspecified atom stereocenters. The average Bonchev–Trinajstić information content (AvgIpc) is 3.19. The largest absolute Gasteiger partial charge is 0.0616 e. The first-order valence-electron chi connectivity index (χ1n) is 17.3. The van der Waals surface area contributed by atoms with Crippen LogP contribution in [-0.4, -0.2) is 0 Å². The molecule has 0 saturated carbocycles. The fraction of sp³-hybridized carbons (Fsp3) is 0. The summed E-state index contributed by atoms with van der Waals surface area (Å²) in [5.74, 6) is 0. The molecule has 232 valence electrons. The second kappa shape index (κ2) is 11.6. The third-order valence-corrected chi connectivity index (χ3v) is 10.4. The van der Waals surface area contributed by atoms with Gasteiger partial charge in [-0.3, -0.25) is 0 Å². The molecule has 0 aliphatic rings. The number of benzene rings is 10. The molecule has 10 rings (SSSR count). The Morgan fingerprint density at radius 3 is 1.34 bits per heavy atom. The summed E-state index contributed by atoms with van der Waals surface area (Å²) in [5.41, 5.74) is 9.92. The van der Waals surface area contributed by atoms with E-state index in [1.807, 2.05) is 0 Å². The van der Waals surface area contributed by atoms with Gasteiger partial charge in [-0.2, -0.15) is 0 Å². The first kappa shape index (κ1) is 28.5. The smallest absolute Gasteiger partial charge is 0.00141 e. The van der Waals surface area contributed by atoms with Crippen molar-refractivity contribution in [1.82, 2.24) is 0 Å². The molecule has 0 fully saturated rings. The Hall–Kier alpha value is -6.50. The minimum atomic E-state index is 1.22. The van der Waals surface area contributed by atoms with Gasteiger partial charge in [0.05, 0.1) is 0 Å². The van der Waals surface area contributed by atoms with Gasteiger partial charge in [0.25, 0.3) is 0 Å². The summed E-state index contributed by atoms with van der Waals surface area (Å²) in [6.07, 6.45) is 0. The highest BCUT2D eigenvalue weighted by Gasteiger charge is 2.19. The fourth-order valence-electron chi connectivity index (χ4n) is 7.98. The Labute approximate surface area is 291 Å².